The molecule has 16 heavy (non-hydrogen) atoms. The van der Waals surface area contributed by atoms with Gasteiger partial charge in [-0.15, -0.1) is 0 Å². The summed E-state index contributed by atoms with van der Waals surface area (Å²) in [5, 5.41) is 9.40. The van der Waals surface area contributed by atoms with Crippen LogP contribution in [0.15, 0.2) is 0 Å². The zero-order valence-corrected chi connectivity index (χ0v) is 11.4. The lowest BCUT2D eigenvalue weighted by atomic mass is 9.76. The molecule has 0 aromatic heterocycles. The van der Waals surface area contributed by atoms with Crippen molar-refractivity contribution in [3.8, 4) is 0 Å². The third-order valence-electron chi connectivity index (χ3n) is 3.37. The van der Waals surface area contributed by atoms with Gasteiger partial charge in [0.05, 0.1) is 12.4 Å². The Hall–Kier alpha value is -0.130. The molecule has 4 nitrogen and oxygen atoms in total. The predicted octanol–water partition coefficient (Wildman–Crippen LogP) is 0.795. The third-order valence-corrected chi connectivity index (χ3v) is 5.23. The maximum absolute atomic E-state index is 11.6. The molecule has 0 saturated heterocycles. The second-order valence-corrected chi connectivity index (χ2v) is 7.08. The third kappa shape index (κ3) is 4.39. The fraction of sp³-hybridized carbons (Fsp3) is 1.00. The highest BCUT2D eigenvalue weighted by Gasteiger charge is 2.32. The van der Waals surface area contributed by atoms with Gasteiger partial charge in [-0.3, -0.25) is 0 Å². The van der Waals surface area contributed by atoms with E-state index in [9.17, 15) is 13.5 Å². The average Bonchev–Trinajstić information content (AvgIpc) is 2.19. The minimum atomic E-state index is -2.99. The van der Waals surface area contributed by atoms with Crippen molar-refractivity contribution in [1.82, 2.24) is 0 Å². The monoisotopic (exact) mass is 251 g/mol. The number of rotatable bonds is 8. The van der Waals surface area contributed by atoms with Gasteiger partial charge in [0.15, 0.2) is 0 Å². The molecule has 0 aromatic rings. The van der Waals surface area contributed by atoms with Crippen molar-refractivity contribution in [3.05, 3.63) is 0 Å². The van der Waals surface area contributed by atoms with Crippen LogP contribution < -0.4 is 5.73 Å². The Bertz CT molecular complexity index is 282. The summed E-state index contributed by atoms with van der Waals surface area (Å²) >= 11 is 0. The standard InChI is InChI=1S/C11H25NO3S/c1-4-6-16(14,15)7-5-11(8-12,9-13)10(2)3/h10,13H,4-9,12H2,1-3H3. The molecular weight excluding hydrogens is 226 g/mol. The molecule has 3 N–H and O–H groups in total. The summed E-state index contributed by atoms with van der Waals surface area (Å²) in [4.78, 5) is 0. The molecule has 0 aromatic carbocycles. The van der Waals surface area contributed by atoms with Crippen molar-refractivity contribution in [2.24, 2.45) is 17.1 Å². The van der Waals surface area contributed by atoms with Crippen LogP contribution in [0.4, 0.5) is 0 Å². The van der Waals surface area contributed by atoms with E-state index in [2.05, 4.69) is 0 Å². The highest BCUT2D eigenvalue weighted by atomic mass is 32.2. The summed E-state index contributed by atoms with van der Waals surface area (Å²) in [5.74, 6) is 0.521. The summed E-state index contributed by atoms with van der Waals surface area (Å²) in [7, 11) is -2.99. The maximum Gasteiger partial charge on any atom is 0.150 e. The smallest absolute Gasteiger partial charge is 0.150 e. The summed E-state index contributed by atoms with van der Waals surface area (Å²) in [5.41, 5.74) is 5.21. The van der Waals surface area contributed by atoms with Crippen molar-refractivity contribution >= 4 is 9.84 Å². The number of nitrogens with two attached hydrogens (primary N) is 1. The zero-order valence-electron chi connectivity index (χ0n) is 10.6. The summed E-state index contributed by atoms with van der Waals surface area (Å²) < 4.78 is 23.2. The number of aliphatic hydroxyl groups excluding tert-OH is 1. The van der Waals surface area contributed by atoms with Gasteiger partial charge in [-0.25, -0.2) is 8.42 Å². The van der Waals surface area contributed by atoms with Crippen LogP contribution in [0, 0.1) is 11.3 Å². The Morgan fingerprint density at radius 3 is 2.19 bits per heavy atom. The quantitative estimate of drug-likeness (QED) is 0.668. The van der Waals surface area contributed by atoms with Crippen LogP contribution in [0.5, 0.6) is 0 Å². The van der Waals surface area contributed by atoms with Gasteiger partial charge in [-0.2, -0.15) is 0 Å². The van der Waals surface area contributed by atoms with Gasteiger partial charge in [-0.05, 0) is 18.8 Å². The minimum Gasteiger partial charge on any atom is -0.396 e. The van der Waals surface area contributed by atoms with E-state index in [0.717, 1.165) is 0 Å². The van der Waals surface area contributed by atoms with Crippen LogP contribution >= 0.6 is 0 Å². The minimum absolute atomic E-state index is 0.0528. The van der Waals surface area contributed by atoms with Crippen molar-refractivity contribution in [3.63, 3.8) is 0 Å². The fourth-order valence-corrected chi connectivity index (χ4v) is 3.27. The van der Waals surface area contributed by atoms with Gasteiger partial charge in [0.2, 0.25) is 0 Å². The van der Waals surface area contributed by atoms with Gasteiger partial charge in [0.25, 0.3) is 0 Å². The zero-order chi connectivity index (χ0) is 12.8. The van der Waals surface area contributed by atoms with Gasteiger partial charge in [0, 0.05) is 17.7 Å². The lowest BCUT2D eigenvalue weighted by molar-refractivity contribution is 0.0809. The fourth-order valence-electron chi connectivity index (χ4n) is 1.72. The molecule has 1 unspecified atom stereocenters. The van der Waals surface area contributed by atoms with Crippen molar-refractivity contribution in [1.29, 1.82) is 0 Å². The van der Waals surface area contributed by atoms with Crippen molar-refractivity contribution in [2.75, 3.05) is 24.7 Å². The van der Waals surface area contributed by atoms with Gasteiger partial charge in [0.1, 0.15) is 9.84 Å². The molecule has 0 spiro atoms. The normalized spacial score (nSPS) is 16.4. The Kier molecular flexibility index (Phi) is 6.51. The molecule has 0 aliphatic rings. The summed E-state index contributed by atoms with van der Waals surface area (Å²) in [6.07, 6.45) is 1.08. The average molecular weight is 251 g/mol. The molecular formula is C11H25NO3S. The SMILES string of the molecule is CCCS(=O)(=O)CCC(CN)(CO)C(C)C. The predicted molar refractivity (Wildman–Crippen MR) is 67.0 cm³/mol. The molecule has 0 radical (unpaired) electrons. The number of hydrogen-bond donors (Lipinski definition) is 2. The van der Waals surface area contributed by atoms with Crippen molar-refractivity contribution in [2.45, 2.75) is 33.6 Å². The van der Waals surface area contributed by atoms with Crippen LogP contribution in [0.2, 0.25) is 0 Å². The highest BCUT2D eigenvalue weighted by Crippen LogP contribution is 2.30. The first-order valence-corrected chi connectivity index (χ1v) is 7.67. The maximum atomic E-state index is 11.6. The molecule has 0 aliphatic carbocycles. The van der Waals surface area contributed by atoms with Crippen molar-refractivity contribution < 1.29 is 13.5 Å². The second kappa shape index (κ2) is 6.57. The largest absolute Gasteiger partial charge is 0.396 e. The van der Waals surface area contributed by atoms with E-state index in [1.54, 1.807) is 0 Å². The van der Waals surface area contributed by atoms with Crippen LogP contribution in [0.25, 0.3) is 0 Å². The summed E-state index contributed by atoms with van der Waals surface area (Å²) in [6, 6.07) is 0. The Balaban J connectivity index is 4.56. The van der Waals surface area contributed by atoms with Gasteiger partial charge in [-0.1, -0.05) is 20.8 Å². The Morgan fingerprint density at radius 2 is 1.88 bits per heavy atom. The molecule has 0 fully saturated rings. The number of sulfone groups is 1. The Labute approximate surface area is 99.1 Å². The molecule has 5 heteroatoms. The molecule has 0 amide bonds. The van der Waals surface area contributed by atoms with E-state index in [4.69, 9.17) is 5.73 Å². The highest BCUT2D eigenvalue weighted by molar-refractivity contribution is 7.91. The van der Waals surface area contributed by atoms with E-state index in [1.807, 2.05) is 20.8 Å². The van der Waals surface area contributed by atoms with E-state index >= 15 is 0 Å². The van der Waals surface area contributed by atoms with E-state index in [0.29, 0.717) is 19.4 Å². The Morgan fingerprint density at radius 1 is 1.31 bits per heavy atom. The molecule has 0 aliphatic heterocycles. The second-order valence-electron chi connectivity index (χ2n) is 4.78. The molecule has 1 atom stereocenters. The van der Waals surface area contributed by atoms with E-state index in [1.165, 1.54) is 0 Å². The lowest BCUT2D eigenvalue weighted by Crippen LogP contribution is -2.40. The van der Waals surface area contributed by atoms with Crippen LogP contribution in [0.3, 0.4) is 0 Å². The lowest BCUT2D eigenvalue weighted by Gasteiger charge is -2.34. The molecule has 0 heterocycles. The summed E-state index contributed by atoms with van der Waals surface area (Å²) in [6.45, 7) is 6.05. The van der Waals surface area contributed by atoms with E-state index in [-0.39, 0.29) is 24.0 Å². The molecule has 0 bridgehead atoms. The molecule has 0 saturated carbocycles. The first-order valence-electron chi connectivity index (χ1n) is 5.85. The topological polar surface area (TPSA) is 80.4 Å². The first-order chi connectivity index (χ1) is 7.33. The van der Waals surface area contributed by atoms with Crippen LogP contribution in [-0.2, 0) is 9.84 Å². The van der Waals surface area contributed by atoms with Gasteiger partial charge < -0.3 is 10.8 Å². The van der Waals surface area contributed by atoms with Crippen LogP contribution in [0.1, 0.15) is 33.6 Å². The molecule has 98 valence electrons. The van der Waals surface area contributed by atoms with Crippen LogP contribution in [-0.4, -0.2) is 38.2 Å². The van der Waals surface area contributed by atoms with Gasteiger partial charge >= 0.3 is 0 Å². The number of aliphatic hydroxyl groups is 1. The molecule has 0 rings (SSSR count). The first kappa shape index (κ1) is 15.9. The number of hydrogen-bond acceptors (Lipinski definition) is 4. The van der Waals surface area contributed by atoms with E-state index < -0.39 is 15.3 Å².